The maximum absolute atomic E-state index is 13.9. The molecule has 0 spiro atoms. The van der Waals surface area contributed by atoms with Crippen molar-refractivity contribution < 1.29 is 9.13 Å². The quantitative estimate of drug-likeness (QED) is 0.631. The number of nitriles is 1. The molecule has 0 radical (unpaired) electrons. The van der Waals surface area contributed by atoms with Gasteiger partial charge in [-0.15, -0.1) is 0 Å². The average Bonchev–Trinajstić information content (AvgIpc) is 2.83. The number of fused-ring (bicyclic) bond motifs is 1. The lowest BCUT2D eigenvalue weighted by molar-refractivity contribution is 0.122. The van der Waals surface area contributed by atoms with E-state index in [1.807, 2.05) is 6.08 Å². The second-order valence-corrected chi connectivity index (χ2v) is 7.78. The van der Waals surface area contributed by atoms with Crippen molar-refractivity contribution in [3.05, 3.63) is 59.7 Å². The van der Waals surface area contributed by atoms with E-state index in [1.165, 1.54) is 18.5 Å². The highest BCUT2D eigenvalue weighted by molar-refractivity contribution is 5.82. The molecule has 1 fully saturated rings. The molecule has 3 aromatic rings. The molecule has 2 aliphatic heterocycles. The third-order valence-electron chi connectivity index (χ3n) is 5.90. The largest absolute Gasteiger partial charge is 0.382 e. The number of ether oxygens (including phenoxy) is 1. The normalized spacial score (nSPS) is 18.7. The summed E-state index contributed by atoms with van der Waals surface area (Å²) < 4.78 is 19.5. The van der Waals surface area contributed by atoms with Crippen molar-refractivity contribution in [1.82, 2.24) is 15.0 Å². The van der Waals surface area contributed by atoms with Crippen LogP contribution in [0.25, 0.3) is 10.9 Å². The summed E-state index contributed by atoms with van der Waals surface area (Å²) >= 11 is 0. The minimum atomic E-state index is -0.317. The molecule has 2 aromatic heterocycles. The van der Waals surface area contributed by atoms with Crippen LogP contribution in [0.3, 0.4) is 0 Å². The molecule has 1 unspecified atom stereocenters. The van der Waals surface area contributed by atoms with Gasteiger partial charge in [0.25, 0.3) is 0 Å². The Balaban J connectivity index is 1.68. The topological polar surface area (TPSA) is 104 Å². The van der Waals surface area contributed by atoms with Gasteiger partial charge in [0.15, 0.2) is 5.82 Å². The van der Waals surface area contributed by atoms with Crippen molar-refractivity contribution in [2.45, 2.75) is 12.5 Å². The van der Waals surface area contributed by atoms with Crippen LogP contribution in [0.2, 0.25) is 0 Å². The highest BCUT2D eigenvalue weighted by Crippen LogP contribution is 2.39. The van der Waals surface area contributed by atoms with Crippen LogP contribution < -0.4 is 15.5 Å². The number of pyridine rings is 1. The number of anilines is 3. The Morgan fingerprint density at radius 2 is 1.97 bits per heavy atom. The van der Waals surface area contributed by atoms with Gasteiger partial charge >= 0.3 is 0 Å². The van der Waals surface area contributed by atoms with E-state index < -0.39 is 0 Å². The zero-order valence-electron chi connectivity index (χ0n) is 17.4. The second kappa shape index (κ2) is 8.40. The molecule has 9 heteroatoms. The number of halogens is 1. The van der Waals surface area contributed by atoms with Gasteiger partial charge in [0.1, 0.15) is 35.4 Å². The first kappa shape index (κ1) is 20.2. The zero-order valence-corrected chi connectivity index (χ0v) is 17.4. The molecule has 0 bridgehead atoms. The van der Waals surface area contributed by atoms with Crippen LogP contribution in [0.1, 0.15) is 23.6 Å². The fraction of sp³-hybridized carbons (Fsp3) is 0.304. The molecule has 1 atom stereocenters. The van der Waals surface area contributed by atoms with Crippen LogP contribution in [0, 0.1) is 17.1 Å². The molecule has 1 aromatic carbocycles. The van der Waals surface area contributed by atoms with Crippen LogP contribution >= 0.6 is 0 Å². The number of nitrogen functional groups attached to an aromatic ring is 1. The molecule has 162 valence electrons. The van der Waals surface area contributed by atoms with Crippen LogP contribution in [0.5, 0.6) is 0 Å². The highest BCUT2D eigenvalue weighted by Gasteiger charge is 2.30. The smallest absolute Gasteiger partial charge is 0.152 e. The van der Waals surface area contributed by atoms with Gasteiger partial charge in [-0.3, -0.25) is 0 Å². The molecular weight excluding hydrogens is 409 g/mol. The molecule has 0 aliphatic carbocycles. The summed E-state index contributed by atoms with van der Waals surface area (Å²) in [5, 5.41) is 10.5. The predicted octanol–water partition coefficient (Wildman–Crippen LogP) is 2.96. The molecule has 0 amide bonds. The van der Waals surface area contributed by atoms with Crippen LogP contribution in [0.15, 0.2) is 42.7 Å². The van der Waals surface area contributed by atoms with Gasteiger partial charge in [-0.05, 0) is 24.6 Å². The Bertz CT molecular complexity index is 1230. The maximum Gasteiger partial charge on any atom is 0.152 e. The van der Waals surface area contributed by atoms with E-state index >= 15 is 0 Å². The summed E-state index contributed by atoms with van der Waals surface area (Å²) in [6, 6.07) is 8.74. The summed E-state index contributed by atoms with van der Waals surface area (Å²) in [5.41, 5.74) is 7.84. The number of hydrogen-bond donors (Lipinski definition) is 1. The summed E-state index contributed by atoms with van der Waals surface area (Å²) in [6.07, 6.45) is 6.26. The van der Waals surface area contributed by atoms with Gasteiger partial charge in [0.2, 0.25) is 0 Å². The van der Waals surface area contributed by atoms with Gasteiger partial charge in [-0.2, -0.15) is 5.26 Å². The van der Waals surface area contributed by atoms with E-state index in [-0.39, 0.29) is 23.2 Å². The molecular formula is C23H22FN7O. The zero-order chi connectivity index (χ0) is 22.1. The molecule has 5 rings (SSSR count). The number of nitrogens with zero attached hydrogens (tertiary/aromatic N) is 6. The van der Waals surface area contributed by atoms with E-state index in [4.69, 9.17) is 15.5 Å². The summed E-state index contributed by atoms with van der Waals surface area (Å²) in [5.74, 6) is 1.15. The van der Waals surface area contributed by atoms with Crippen molar-refractivity contribution in [2.24, 2.45) is 0 Å². The number of aromatic nitrogens is 3. The SMILES string of the molecule is N#Cc1c(N)ncnc1N1CC=CCC1c1cc2ccc(F)cc2nc1N1CCOCC1. The van der Waals surface area contributed by atoms with Crippen molar-refractivity contribution >= 4 is 28.4 Å². The summed E-state index contributed by atoms with van der Waals surface area (Å²) in [6.45, 7) is 3.19. The van der Waals surface area contributed by atoms with E-state index in [0.717, 1.165) is 16.8 Å². The summed E-state index contributed by atoms with van der Waals surface area (Å²) in [4.78, 5) is 17.5. The third-order valence-corrected chi connectivity index (χ3v) is 5.90. The molecule has 0 saturated carbocycles. The monoisotopic (exact) mass is 431 g/mol. The lowest BCUT2D eigenvalue weighted by Crippen LogP contribution is -2.39. The van der Waals surface area contributed by atoms with Gasteiger partial charge in [0, 0.05) is 36.7 Å². The van der Waals surface area contributed by atoms with Gasteiger partial charge in [-0.25, -0.2) is 19.3 Å². The Kier molecular flexibility index (Phi) is 5.29. The first-order valence-electron chi connectivity index (χ1n) is 10.5. The van der Waals surface area contributed by atoms with E-state index in [2.05, 4.69) is 38.0 Å². The summed E-state index contributed by atoms with van der Waals surface area (Å²) in [7, 11) is 0. The third kappa shape index (κ3) is 3.59. The minimum Gasteiger partial charge on any atom is -0.382 e. The lowest BCUT2D eigenvalue weighted by atomic mass is 9.96. The molecule has 4 heterocycles. The van der Waals surface area contributed by atoms with Crippen LogP contribution in [-0.2, 0) is 4.74 Å². The first-order chi connectivity index (χ1) is 15.7. The first-order valence-corrected chi connectivity index (χ1v) is 10.5. The van der Waals surface area contributed by atoms with Crippen LogP contribution in [-0.4, -0.2) is 47.8 Å². The molecule has 2 N–H and O–H groups in total. The van der Waals surface area contributed by atoms with Crippen molar-refractivity contribution in [1.29, 1.82) is 5.26 Å². The van der Waals surface area contributed by atoms with Crippen LogP contribution in [0.4, 0.5) is 21.8 Å². The molecule has 2 aliphatic rings. The number of hydrogen-bond acceptors (Lipinski definition) is 8. The highest BCUT2D eigenvalue weighted by atomic mass is 19.1. The van der Waals surface area contributed by atoms with Gasteiger partial charge < -0.3 is 20.3 Å². The average molecular weight is 431 g/mol. The Morgan fingerprint density at radius 1 is 1.12 bits per heavy atom. The van der Waals surface area contributed by atoms with E-state index in [1.54, 1.807) is 6.07 Å². The number of rotatable bonds is 3. The number of morpholine rings is 1. The molecule has 1 saturated heterocycles. The lowest BCUT2D eigenvalue weighted by Gasteiger charge is -2.38. The van der Waals surface area contributed by atoms with Crippen molar-refractivity contribution in [3.63, 3.8) is 0 Å². The molecule has 32 heavy (non-hydrogen) atoms. The Hall–Kier alpha value is -3.77. The van der Waals surface area contributed by atoms with E-state index in [0.29, 0.717) is 50.6 Å². The minimum absolute atomic E-state index is 0.124. The standard InChI is InChI=1S/C23H22FN7O/c24-16-5-4-15-11-17(23(29-19(15)12-16)30-7-9-32-10-8-30)20-3-1-2-6-31(20)22-18(13-25)21(26)27-14-28-22/h1-2,4-5,11-12,14,20H,3,6-10H2,(H2,26,27,28). The maximum atomic E-state index is 13.9. The number of nitrogens with two attached hydrogens (primary N) is 1. The number of benzene rings is 1. The molecule has 8 nitrogen and oxygen atoms in total. The van der Waals surface area contributed by atoms with E-state index in [9.17, 15) is 9.65 Å². The predicted molar refractivity (Wildman–Crippen MR) is 120 cm³/mol. The fourth-order valence-electron chi connectivity index (χ4n) is 4.33. The van der Waals surface area contributed by atoms with Gasteiger partial charge in [-0.1, -0.05) is 12.2 Å². The fourth-order valence-corrected chi connectivity index (χ4v) is 4.33. The van der Waals surface area contributed by atoms with Gasteiger partial charge in [0.05, 0.1) is 24.8 Å². The Labute approximate surface area is 184 Å². The van der Waals surface area contributed by atoms with Crippen molar-refractivity contribution in [2.75, 3.05) is 48.4 Å². The second-order valence-electron chi connectivity index (χ2n) is 7.78. The van der Waals surface area contributed by atoms with Crippen molar-refractivity contribution in [3.8, 4) is 6.07 Å². The Morgan fingerprint density at radius 3 is 2.78 bits per heavy atom.